The number of rotatable bonds is 4. The van der Waals surface area contributed by atoms with Gasteiger partial charge < -0.3 is 15.3 Å². The fourth-order valence-corrected chi connectivity index (χ4v) is 2.17. The molecule has 0 saturated carbocycles. The van der Waals surface area contributed by atoms with Gasteiger partial charge in [0.2, 0.25) is 0 Å². The Hall–Kier alpha value is -1.06. The topological polar surface area (TPSA) is 35.5 Å². The van der Waals surface area contributed by atoms with Crippen LogP contribution >= 0.6 is 0 Å². The third-order valence-corrected chi connectivity index (χ3v) is 3.04. The number of nitrogens with zero attached hydrogens (tertiary/aromatic N) is 1. The highest BCUT2D eigenvalue weighted by molar-refractivity contribution is 5.54. The Morgan fingerprint density at radius 1 is 1.25 bits per heavy atom. The minimum absolute atomic E-state index is 0.299. The lowest BCUT2D eigenvalue weighted by molar-refractivity contribution is 0.285. The van der Waals surface area contributed by atoms with Gasteiger partial charge in [-0.1, -0.05) is 18.2 Å². The lowest BCUT2D eigenvalue weighted by Crippen LogP contribution is -2.29. The highest BCUT2D eigenvalue weighted by Crippen LogP contribution is 2.22. The van der Waals surface area contributed by atoms with Crippen LogP contribution in [0.3, 0.4) is 0 Å². The molecule has 2 N–H and O–H groups in total. The molecule has 1 aromatic carbocycles. The average Bonchev–Trinajstić information content (AvgIpc) is 2.52. The van der Waals surface area contributed by atoms with Crippen molar-refractivity contribution in [1.29, 1.82) is 0 Å². The molecular weight excluding hydrogens is 200 g/mol. The molecule has 0 aromatic heterocycles. The van der Waals surface area contributed by atoms with Gasteiger partial charge in [0.1, 0.15) is 0 Å². The highest BCUT2D eigenvalue weighted by Gasteiger charge is 2.13. The summed E-state index contributed by atoms with van der Waals surface area (Å²) in [6.45, 7) is 4.40. The number of nitrogens with one attached hydrogen (secondary N) is 1. The number of para-hydroxylation sites is 1. The van der Waals surface area contributed by atoms with Crippen molar-refractivity contribution < 1.29 is 5.11 Å². The molecule has 1 aliphatic rings. The number of anilines is 1. The Kier molecular flexibility index (Phi) is 4.19. The highest BCUT2D eigenvalue weighted by atomic mass is 16.2. The van der Waals surface area contributed by atoms with Crippen molar-refractivity contribution >= 4 is 5.69 Å². The lowest BCUT2D eigenvalue weighted by atomic mass is 10.1. The zero-order valence-electron chi connectivity index (χ0n) is 9.65. The molecule has 1 heterocycles. The van der Waals surface area contributed by atoms with Gasteiger partial charge in [0.05, 0.1) is 0 Å². The van der Waals surface area contributed by atoms with E-state index in [4.69, 9.17) is 5.11 Å². The molecule has 0 atom stereocenters. The van der Waals surface area contributed by atoms with Crippen LogP contribution in [-0.2, 0) is 6.54 Å². The number of unbranched alkanes of at least 4 members (excludes halogenated alkanes) is 1. The molecule has 0 amide bonds. The van der Waals surface area contributed by atoms with Gasteiger partial charge in [-0.05, 0) is 24.5 Å². The van der Waals surface area contributed by atoms with Crippen molar-refractivity contribution in [2.75, 3.05) is 31.1 Å². The maximum Gasteiger partial charge on any atom is 0.0431 e. The molecule has 0 fully saturated rings. The van der Waals surface area contributed by atoms with Crippen molar-refractivity contribution in [2.45, 2.75) is 19.4 Å². The van der Waals surface area contributed by atoms with E-state index in [1.807, 2.05) is 0 Å². The molecule has 3 nitrogen and oxygen atoms in total. The first-order valence-corrected chi connectivity index (χ1v) is 6.06. The van der Waals surface area contributed by atoms with E-state index in [0.717, 1.165) is 39.0 Å². The average molecular weight is 220 g/mol. The van der Waals surface area contributed by atoms with Gasteiger partial charge in [-0.15, -0.1) is 0 Å². The number of hydrogen-bond acceptors (Lipinski definition) is 3. The number of aliphatic hydroxyl groups excluding tert-OH is 1. The van der Waals surface area contributed by atoms with E-state index in [9.17, 15) is 0 Å². The lowest BCUT2D eigenvalue weighted by Gasteiger charge is -2.24. The molecule has 88 valence electrons. The van der Waals surface area contributed by atoms with Crippen LogP contribution in [0.4, 0.5) is 5.69 Å². The molecule has 1 aromatic rings. The molecular formula is C13H20N2O. The minimum Gasteiger partial charge on any atom is -0.396 e. The standard InChI is InChI=1S/C13H20N2O/c16-10-4-3-8-15-9-7-14-11-12-5-1-2-6-13(12)15/h1-2,5-6,14,16H,3-4,7-11H2. The molecule has 0 aliphatic carbocycles. The number of fused-ring (bicyclic) bond motifs is 1. The van der Waals surface area contributed by atoms with Gasteiger partial charge in [-0.25, -0.2) is 0 Å². The van der Waals surface area contributed by atoms with Crippen molar-refractivity contribution in [3.05, 3.63) is 29.8 Å². The van der Waals surface area contributed by atoms with Gasteiger partial charge in [0.15, 0.2) is 0 Å². The van der Waals surface area contributed by atoms with Crippen molar-refractivity contribution in [2.24, 2.45) is 0 Å². The third-order valence-electron chi connectivity index (χ3n) is 3.04. The molecule has 2 rings (SSSR count). The van der Waals surface area contributed by atoms with E-state index >= 15 is 0 Å². The van der Waals surface area contributed by atoms with Crippen LogP contribution in [0.5, 0.6) is 0 Å². The molecule has 3 heteroatoms. The smallest absolute Gasteiger partial charge is 0.0431 e. The second-order valence-corrected chi connectivity index (χ2v) is 4.22. The molecule has 1 aliphatic heterocycles. The van der Waals surface area contributed by atoms with Crippen molar-refractivity contribution in [3.63, 3.8) is 0 Å². The van der Waals surface area contributed by atoms with Crippen molar-refractivity contribution in [1.82, 2.24) is 5.32 Å². The summed E-state index contributed by atoms with van der Waals surface area (Å²) in [5.41, 5.74) is 2.73. The van der Waals surface area contributed by atoms with Crippen LogP contribution in [0, 0.1) is 0 Å². The molecule has 0 saturated heterocycles. The van der Waals surface area contributed by atoms with Gasteiger partial charge in [0, 0.05) is 38.5 Å². The van der Waals surface area contributed by atoms with Crippen LogP contribution < -0.4 is 10.2 Å². The fourth-order valence-electron chi connectivity index (χ4n) is 2.17. The predicted molar refractivity (Wildman–Crippen MR) is 66.7 cm³/mol. The summed E-state index contributed by atoms with van der Waals surface area (Å²) >= 11 is 0. The Morgan fingerprint density at radius 3 is 3.00 bits per heavy atom. The maximum atomic E-state index is 8.82. The summed E-state index contributed by atoms with van der Waals surface area (Å²) in [5, 5.41) is 12.2. The minimum atomic E-state index is 0.299. The van der Waals surface area contributed by atoms with Gasteiger partial charge in [-0.3, -0.25) is 0 Å². The molecule has 16 heavy (non-hydrogen) atoms. The van der Waals surface area contributed by atoms with E-state index in [-0.39, 0.29) is 0 Å². The normalized spacial score (nSPS) is 15.7. The largest absolute Gasteiger partial charge is 0.396 e. The number of aliphatic hydroxyl groups is 1. The van der Waals surface area contributed by atoms with Crippen LogP contribution in [0.1, 0.15) is 18.4 Å². The zero-order chi connectivity index (χ0) is 11.2. The molecule has 0 spiro atoms. The maximum absolute atomic E-state index is 8.82. The predicted octanol–water partition coefficient (Wildman–Crippen LogP) is 1.37. The summed E-state index contributed by atoms with van der Waals surface area (Å²) < 4.78 is 0. The SMILES string of the molecule is OCCCCN1CCNCc2ccccc21. The second kappa shape index (κ2) is 5.87. The number of benzene rings is 1. The van der Waals surface area contributed by atoms with E-state index in [0.29, 0.717) is 6.61 Å². The van der Waals surface area contributed by atoms with E-state index in [1.165, 1.54) is 11.3 Å². The first-order chi connectivity index (χ1) is 7.92. The van der Waals surface area contributed by atoms with Crippen LogP contribution in [0.2, 0.25) is 0 Å². The van der Waals surface area contributed by atoms with Crippen LogP contribution in [0.25, 0.3) is 0 Å². The van der Waals surface area contributed by atoms with Gasteiger partial charge in [-0.2, -0.15) is 0 Å². The first kappa shape index (κ1) is 11.4. The molecule has 0 radical (unpaired) electrons. The second-order valence-electron chi connectivity index (χ2n) is 4.22. The summed E-state index contributed by atoms with van der Waals surface area (Å²) in [4.78, 5) is 2.42. The number of hydrogen-bond donors (Lipinski definition) is 2. The monoisotopic (exact) mass is 220 g/mol. The van der Waals surface area contributed by atoms with Gasteiger partial charge in [0.25, 0.3) is 0 Å². The third kappa shape index (κ3) is 2.74. The quantitative estimate of drug-likeness (QED) is 0.752. The summed E-state index contributed by atoms with van der Waals surface area (Å²) in [6, 6.07) is 8.58. The van der Waals surface area contributed by atoms with Crippen molar-refractivity contribution in [3.8, 4) is 0 Å². The van der Waals surface area contributed by atoms with E-state index < -0.39 is 0 Å². The Balaban J connectivity index is 2.06. The summed E-state index contributed by atoms with van der Waals surface area (Å²) in [5.74, 6) is 0. The van der Waals surface area contributed by atoms with Crippen LogP contribution in [-0.4, -0.2) is 31.3 Å². The van der Waals surface area contributed by atoms with E-state index in [1.54, 1.807) is 0 Å². The Labute approximate surface area is 97.1 Å². The molecule has 0 unspecified atom stereocenters. The van der Waals surface area contributed by atoms with E-state index in [2.05, 4.69) is 34.5 Å². The fraction of sp³-hybridized carbons (Fsp3) is 0.538. The summed E-state index contributed by atoms with van der Waals surface area (Å²) in [7, 11) is 0. The van der Waals surface area contributed by atoms with Crippen LogP contribution in [0.15, 0.2) is 24.3 Å². The summed E-state index contributed by atoms with van der Waals surface area (Å²) in [6.07, 6.45) is 1.96. The zero-order valence-corrected chi connectivity index (χ0v) is 9.65. The molecule has 0 bridgehead atoms. The Morgan fingerprint density at radius 2 is 2.12 bits per heavy atom. The Bertz CT molecular complexity index is 327. The first-order valence-electron chi connectivity index (χ1n) is 6.06. The van der Waals surface area contributed by atoms with Gasteiger partial charge >= 0.3 is 0 Å².